The Morgan fingerprint density at radius 3 is 2.42 bits per heavy atom. The van der Waals surface area contributed by atoms with Gasteiger partial charge in [-0.25, -0.2) is 4.79 Å². The number of amides is 1. The summed E-state index contributed by atoms with van der Waals surface area (Å²) in [5.74, 6) is -3.32. The highest BCUT2D eigenvalue weighted by Crippen LogP contribution is 2.38. The molecule has 38 heavy (non-hydrogen) atoms. The van der Waals surface area contributed by atoms with Gasteiger partial charge in [0.25, 0.3) is 11.7 Å². The third kappa shape index (κ3) is 7.53. The van der Waals surface area contributed by atoms with Gasteiger partial charge in [0.1, 0.15) is 11.8 Å². The summed E-state index contributed by atoms with van der Waals surface area (Å²) in [6, 6.07) is -0.805. The first-order valence-corrected chi connectivity index (χ1v) is 14.5. The molecule has 0 aromatic rings. The first-order valence-electron chi connectivity index (χ1n) is 14.5. The van der Waals surface area contributed by atoms with E-state index in [4.69, 9.17) is 14.2 Å². The zero-order valence-electron chi connectivity index (χ0n) is 24.0. The molecule has 1 amide bonds. The number of ether oxygens (including phenoxy) is 3. The van der Waals surface area contributed by atoms with Gasteiger partial charge in [-0.3, -0.25) is 14.4 Å². The van der Waals surface area contributed by atoms with Crippen molar-refractivity contribution in [3.05, 3.63) is 11.6 Å². The fourth-order valence-electron chi connectivity index (χ4n) is 5.98. The summed E-state index contributed by atoms with van der Waals surface area (Å²) in [6.07, 6.45) is 9.31. The molecule has 0 N–H and O–H groups in total. The lowest BCUT2D eigenvalue weighted by Crippen LogP contribution is -2.61. The molecule has 214 valence electrons. The highest BCUT2D eigenvalue weighted by molar-refractivity contribution is 6.39. The van der Waals surface area contributed by atoms with E-state index in [0.29, 0.717) is 51.0 Å². The molecule has 0 aliphatic carbocycles. The number of esters is 1. The van der Waals surface area contributed by atoms with Gasteiger partial charge in [-0.1, -0.05) is 32.4 Å². The SMILES string of the molecule is COC12OC(CCC(C)C/C(C)=C\CC(=O)CCC(C)COC(=O)C3CCCCN3C(=O)C1=O)CCC2C. The molecule has 6 atom stereocenters. The number of allylic oxidation sites excluding steroid dienone is 2. The number of methoxy groups -OCH3 is 1. The lowest BCUT2D eigenvalue weighted by Gasteiger charge is -2.44. The summed E-state index contributed by atoms with van der Waals surface area (Å²) in [5, 5.41) is 0. The van der Waals surface area contributed by atoms with E-state index in [2.05, 4.69) is 13.8 Å². The van der Waals surface area contributed by atoms with Crippen LogP contribution in [0.1, 0.15) is 98.3 Å². The number of piperidine rings is 1. The van der Waals surface area contributed by atoms with Crippen LogP contribution in [0.25, 0.3) is 0 Å². The number of hydrogen-bond acceptors (Lipinski definition) is 7. The van der Waals surface area contributed by atoms with Crippen LogP contribution >= 0.6 is 0 Å². The summed E-state index contributed by atoms with van der Waals surface area (Å²) in [5.41, 5.74) is 1.19. The molecule has 8 heteroatoms. The third-order valence-corrected chi connectivity index (χ3v) is 8.52. The van der Waals surface area contributed by atoms with E-state index < -0.39 is 29.5 Å². The van der Waals surface area contributed by atoms with Gasteiger partial charge in [-0.15, -0.1) is 0 Å². The largest absolute Gasteiger partial charge is 0.464 e. The van der Waals surface area contributed by atoms with Gasteiger partial charge < -0.3 is 19.1 Å². The van der Waals surface area contributed by atoms with E-state index in [1.807, 2.05) is 19.9 Å². The number of Topliss-reactive ketones (excluding diaryl/α,β-unsaturated/α-hetero) is 2. The van der Waals surface area contributed by atoms with Crippen molar-refractivity contribution in [2.24, 2.45) is 17.8 Å². The first-order chi connectivity index (χ1) is 18.1. The molecule has 0 aromatic carbocycles. The molecule has 0 aromatic heterocycles. The second-order valence-corrected chi connectivity index (χ2v) is 11.9. The molecule has 2 saturated heterocycles. The molecule has 0 spiro atoms. The predicted molar refractivity (Wildman–Crippen MR) is 143 cm³/mol. The van der Waals surface area contributed by atoms with E-state index >= 15 is 0 Å². The van der Waals surface area contributed by atoms with Gasteiger partial charge in [0, 0.05) is 32.4 Å². The maximum atomic E-state index is 13.8. The zero-order valence-corrected chi connectivity index (χ0v) is 24.0. The number of rotatable bonds is 1. The minimum absolute atomic E-state index is 0.0154. The van der Waals surface area contributed by atoms with Crippen LogP contribution in [0.2, 0.25) is 0 Å². The van der Waals surface area contributed by atoms with Gasteiger partial charge in [0.2, 0.25) is 5.79 Å². The lowest BCUT2D eigenvalue weighted by atomic mass is 9.84. The molecule has 2 bridgehead atoms. The summed E-state index contributed by atoms with van der Waals surface area (Å²) in [4.78, 5) is 54.2. The minimum Gasteiger partial charge on any atom is -0.464 e. The van der Waals surface area contributed by atoms with Crippen molar-refractivity contribution in [3.8, 4) is 0 Å². The van der Waals surface area contributed by atoms with Crippen LogP contribution < -0.4 is 0 Å². The van der Waals surface area contributed by atoms with Crippen LogP contribution in [0.4, 0.5) is 0 Å². The molecule has 0 saturated carbocycles. The minimum atomic E-state index is -1.65. The Kier molecular flexibility index (Phi) is 11.1. The topological polar surface area (TPSA) is 99.2 Å². The lowest BCUT2D eigenvalue weighted by molar-refractivity contribution is -0.275. The van der Waals surface area contributed by atoms with Crippen LogP contribution in [0.15, 0.2) is 11.6 Å². The van der Waals surface area contributed by atoms with Gasteiger partial charge in [-0.05, 0) is 76.5 Å². The van der Waals surface area contributed by atoms with Crippen molar-refractivity contribution in [3.63, 3.8) is 0 Å². The number of carbonyl (C=O) groups is 4. The Balaban J connectivity index is 1.85. The molecule has 2 fully saturated rings. The molecular weight excluding hydrogens is 486 g/mol. The molecule has 3 heterocycles. The highest BCUT2D eigenvalue weighted by Gasteiger charge is 2.54. The van der Waals surface area contributed by atoms with Gasteiger partial charge in [0.15, 0.2) is 0 Å². The van der Waals surface area contributed by atoms with Gasteiger partial charge >= 0.3 is 5.97 Å². The smallest absolute Gasteiger partial charge is 0.328 e. The molecule has 3 aliphatic heterocycles. The second kappa shape index (κ2) is 13.8. The van der Waals surface area contributed by atoms with E-state index in [1.54, 1.807) is 0 Å². The Bertz CT molecular complexity index is 899. The van der Waals surface area contributed by atoms with Gasteiger partial charge in [-0.2, -0.15) is 0 Å². The average molecular weight is 534 g/mol. The van der Waals surface area contributed by atoms with Crippen LogP contribution in [0, 0.1) is 17.8 Å². The maximum Gasteiger partial charge on any atom is 0.328 e. The second-order valence-electron chi connectivity index (χ2n) is 11.9. The average Bonchev–Trinajstić information content (AvgIpc) is 2.92. The van der Waals surface area contributed by atoms with Crippen LogP contribution in [0.5, 0.6) is 0 Å². The number of ketones is 2. The molecule has 6 unspecified atom stereocenters. The first kappa shape index (κ1) is 30.5. The van der Waals surface area contributed by atoms with E-state index in [-0.39, 0.29) is 30.3 Å². The Morgan fingerprint density at radius 2 is 1.68 bits per heavy atom. The van der Waals surface area contributed by atoms with Crippen molar-refractivity contribution >= 4 is 23.4 Å². The van der Waals surface area contributed by atoms with Crippen LogP contribution in [-0.2, 0) is 33.4 Å². The normalized spacial score (nSPS) is 36.9. The number of carbonyl (C=O) groups excluding carboxylic acids is 4. The van der Waals surface area contributed by atoms with E-state index in [0.717, 1.165) is 32.1 Å². The number of nitrogens with zero attached hydrogens (tertiary/aromatic N) is 1. The Labute approximate surface area is 227 Å². The summed E-state index contributed by atoms with van der Waals surface area (Å²) in [7, 11) is 1.42. The van der Waals surface area contributed by atoms with Crippen molar-refractivity contribution in [1.82, 2.24) is 4.90 Å². The maximum absolute atomic E-state index is 13.8. The van der Waals surface area contributed by atoms with E-state index in [1.165, 1.54) is 17.6 Å². The van der Waals surface area contributed by atoms with Crippen molar-refractivity contribution < 1.29 is 33.4 Å². The highest BCUT2D eigenvalue weighted by atomic mass is 16.7. The number of cyclic esters (lactones) is 1. The van der Waals surface area contributed by atoms with Crippen molar-refractivity contribution in [2.45, 2.75) is 116 Å². The molecule has 0 radical (unpaired) electrons. The zero-order chi connectivity index (χ0) is 27.9. The Hall–Kier alpha value is -2.06. The molecule has 3 rings (SSSR count). The van der Waals surface area contributed by atoms with Crippen molar-refractivity contribution in [1.29, 1.82) is 0 Å². The number of hydrogen-bond donors (Lipinski definition) is 0. The predicted octanol–water partition coefficient (Wildman–Crippen LogP) is 4.78. The third-order valence-electron chi connectivity index (χ3n) is 8.52. The van der Waals surface area contributed by atoms with Crippen LogP contribution in [0.3, 0.4) is 0 Å². The molecular formula is C30H47NO7. The van der Waals surface area contributed by atoms with Crippen LogP contribution in [-0.4, -0.2) is 66.5 Å². The van der Waals surface area contributed by atoms with Crippen molar-refractivity contribution in [2.75, 3.05) is 20.3 Å². The number of fused-ring (bicyclic) bond motifs is 3. The fraction of sp³-hybridized carbons (Fsp3) is 0.800. The summed E-state index contributed by atoms with van der Waals surface area (Å²) in [6.45, 7) is 8.58. The van der Waals surface area contributed by atoms with Gasteiger partial charge in [0.05, 0.1) is 12.7 Å². The summed E-state index contributed by atoms with van der Waals surface area (Å²) >= 11 is 0. The quantitative estimate of drug-likeness (QED) is 0.272. The van der Waals surface area contributed by atoms with E-state index in [9.17, 15) is 19.2 Å². The molecule has 3 aliphatic rings. The molecule has 8 nitrogen and oxygen atoms in total. The monoisotopic (exact) mass is 533 g/mol. The fourth-order valence-corrected chi connectivity index (χ4v) is 5.98. The Morgan fingerprint density at radius 1 is 0.947 bits per heavy atom. The standard InChI is InChI=1S/C30H47NO7/c1-20-9-13-24(32)14-10-22(3)19-37-29(35)26-8-6-7-17-31(26)28(34)27(33)30(36-5)23(4)12-16-25(38-30)15-11-21(2)18-20/h9,21-23,25-26H,6-8,10-19H2,1-5H3/b20-9-. The summed E-state index contributed by atoms with van der Waals surface area (Å²) < 4.78 is 17.7.